The lowest BCUT2D eigenvalue weighted by Gasteiger charge is -2.27. The van der Waals surface area contributed by atoms with Crippen LogP contribution in [0.2, 0.25) is 0 Å². The molecule has 0 radical (unpaired) electrons. The zero-order valence-corrected chi connectivity index (χ0v) is 37.5. The molecule has 0 atom stereocenters. The van der Waals surface area contributed by atoms with Gasteiger partial charge in [-0.2, -0.15) is 4.58 Å². The molecule has 0 aliphatic carbocycles. The maximum absolute atomic E-state index is 12.1. The van der Waals surface area contributed by atoms with Gasteiger partial charge in [0.2, 0.25) is 5.69 Å². The summed E-state index contributed by atoms with van der Waals surface area (Å²) in [7, 11) is -13.7. The van der Waals surface area contributed by atoms with Gasteiger partial charge < -0.3 is 23.4 Å². The molecule has 1 aromatic heterocycles. The maximum atomic E-state index is 12.1. The van der Waals surface area contributed by atoms with Crippen molar-refractivity contribution in [2.24, 2.45) is 0 Å². The summed E-state index contributed by atoms with van der Waals surface area (Å²) in [5, 5.41) is 0. The van der Waals surface area contributed by atoms with Crippen LogP contribution >= 0.6 is 0 Å². The number of rotatable bonds is 19. The second-order valence-corrected chi connectivity index (χ2v) is 21.1. The SMILES string of the molecule is CC(=O)CCCCC[n+]1ccc(C(C=CC2=[N+](CCCS(=O)(=O)[O-])c3ccc(S(=O)(=O)[O-])cc3C2(C)C)=CC=C2N(CCCS(=O)(=O)[O-])c3ccc(C)cc3C2(C)C)cc1. The van der Waals surface area contributed by atoms with Crippen molar-refractivity contribution in [3.63, 3.8) is 0 Å². The Hall–Kier alpha value is -4.32. The van der Waals surface area contributed by atoms with Gasteiger partial charge in [-0.05, 0) is 94.0 Å². The smallest absolute Gasteiger partial charge is 0.209 e. The van der Waals surface area contributed by atoms with E-state index in [0.29, 0.717) is 29.9 Å². The number of carbonyl (C=O) groups excluding carboxylic acids is 1. The number of fused-ring (bicyclic) bond motifs is 2. The summed E-state index contributed by atoms with van der Waals surface area (Å²) in [6.45, 7) is 12.7. The highest BCUT2D eigenvalue weighted by atomic mass is 32.2. The van der Waals surface area contributed by atoms with Crippen molar-refractivity contribution in [3.8, 4) is 0 Å². The van der Waals surface area contributed by atoms with E-state index in [1.807, 2.05) is 86.3 Å². The van der Waals surface area contributed by atoms with Crippen LogP contribution in [0.15, 0.2) is 95.8 Å². The van der Waals surface area contributed by atoms with Crippen LogP contribution in [0.5, 0.6) is 0 Å². The number of nitrogens with zero attached hydrogens (tertiary/aromatic N) is 3. The summed E-state index contributed by atoms with van der Waals surface area (Å²) in [5.74, 6) is -0.925. The Bertz CT molecular complexity index is 2590. The molecule has 60 heavy (non-hydrogen) atoms. The van der Waals surface area contributed by atoms with E-state index in [0.717, 1.165) is 59.5 Å². The van der Waals surface area contributed by atoms with E-state index in [4.69, 9.17) is 0 Å². The Balaban J connectivity index is 1.62. The first-order valence-electron chi connectivity index (χ1n) is 20.0. The fraction of sp³-hybridized carbons (Fsp3) is 0.432. The van der Waals surface area contributed by atoms with Crippen molar-refractivity contribution in [1.29, 1.82) is 0 Å². The number of hydrogen-bond donors (Lipinski definition) is 0. The van der Waals surface area contributed by atoms with Gasteiger partial charge >= 0.3 is 0 Å². The molecule has 16 heteroatoms. The molecule has 3 aromatic rings. The first kappa shape index (κ1) is 46.7. The number of Topliss-reactive ketones (excluding diaryl/α,β-unsaturated/α-hetero) is 1. The Kier molecular flexibility index (Phi) is 14.3. The summed E-state index contributed by atoms with van der Waals surface area (Å²) in [6, 6.07) is 14.2. The average molecular weight is 881 g/mol. The second kappa shape index (κ2) is 18.3. The van der Waals surface area contributed by atoms with Crippen LogP contribution in [0.4, 0.5) is 11.4 Å². The third-order valence-corrected chi connectivity index (χ3v) is 13.7. The molecular formula is C44H54N3O10S3-. The molecule has 13 nitrogen and oxygen atoms in total. The third kappa shape index (κ3) is 11.5. The fourth-order valence-corrected chi connectivity index (χ4v) is 9.57. The molecular weight excluding hydrogens is 827 g/mol. The predicted molar refractivity (Wildman–Crippen MR) is 228 cm³/mol. The summed E-state index contributed by atoms with van der Waals surface area (Å²) in [5.41, 5.74) is 6.01. The lowest BCUT2D eigenvalue weighted by atomic mass is 9.81. The van der Waals surface area contributed by atoms with Gasteiger partial charge in [0.1, 0.15) is 29.0 Å². The molecule has 0 saturated heterocycles. The van der Waals surface area contributed by atoms with Gasteiger partial charge in [0.05, 0.1) is 30.5 Å². The van der Waals surface area contributed by atoms with E-state index < -0.39 is 57.6 Å². The Morgan fingerprint density at radius 1 is 0.767 bits per heavy atom. The van der Waals surface area contributed by atoms with Gasteiger partial charge in [-0.3, -0.25) is 0 Å². The van der Waals surface area contributed by atoms with E-state index in [-0.39, 0.29) is 25.2 Å². The average Bonchev–Trinajstić information content (AvgIpc) is 3.47. The molecule has 0 amide bonds. The van der Waals surface area contributed by atoms with Gasteiger partial charge in [-0.1, -0.05) is 37.6 Å². The topological polar surface area (TPSA) is 199 Å². The van der Waals surface area contributed by atoms with Crippen molar-refractivity contribution >= 4 is 58.8 Å². The van der Waals surface area contributed by atoms with Gasteiger partial charge in [-0.15, -0.1) is 0 Å². The normalized spacial score (nSPS) is 17.2. The molecule has 3 heterocycles. The molecule has 0 unspecified atom stereocenters. The van der Waals surface area contributed by atoms with Gasteiger partial charge in [0, 0.05) is 84.0 Å². The summed E-state index contributed by atoms with van der Waals surface area (Å²) >= 11 is 0. The molecule has 2 aliphatic heterocycles. The molecule has 0 fully saturated rings. The van der Waals surface area contributed by atoms with Gasteiger partial charge in [-0.25, -0.2) is 29.8 Å². The molecule has 0 N–H and O–H groups in total. The third-order valence-electron chi connectivity index (χ3n) is 11.3. The highest BCUT2D eigenvalue weighted by Crippen LogP contribution is 2.48. The van der Waals surface area contributed by atoms with Crippen LogP contribution in [0.3, 0.4) is 0 Å². The molecule has 324 valence electrons. The number of allylic oxidation sites excluding steroid dienone is 6. The Morgan fingerprint density at radius 3 is 2.07 bits per heavy atom. The summed E-state index contributed by atoms with van der Waals surface area (Å²) in [4.78, 5) is 13.0. The molecule has 2 aromatic carbocycles. The monoisotopic (exact) mass is 880 g/mol. The standard InChI is InChI=1S/C44H55N3O10S3/c1-32-13-17-39-37(30-32)43(3,4)41(46(39)24-10-28-58(49,50)51)19-14-34(35-21-26-45(27-22-35)23-9-7-8-12-33(2)48)15-20-42-44(5,6)38-31-36(60(55,56)57)16-18-40(38)47(42)25-11-29-59(52,53)54/h13-22,26-27,30-31H,7-12,23-25,28-29H2,1-6H3,(H-2,49,50,51,52,53,54,55,56,57)/p-1. The number of benzene rings is 2. The van der Waals surface area contributed by atoms with Crippen LogP contribution in [0, 0.1) is 6.92 Å². The first-order chi connectivity index (χ1) is 27.9. The zero-order chi connectivity index (χ0) is 44.3. The van der Waals surface area contributed by atoms with Crippen molar-refractivity contribution < 1.29 is 52.8 Å². The van der Waals surface area contributed by atoms with Crippen molar-refractivity contribution in [1.82, 2.24) is 0 Å². The Labute approximate surface area is 355 Å². The quantitative estimate of drug-likeness (QED) is 0.0601. The van der Waals surface area contributed by atoms with Crippen LogP contribution in [0.25, 0.3) is 5.57 Å². The molecule has 0 bridgehead atoms. The molecule has 0 spiro atoms. The number of ketones is 1. The number of unbranched alkanes of at least 4 members (excludes halogenated alkanes) is 2. The molecule has 0 saturated carbocycles. The number of aryl methyl sites for hydroxylation is 2. The number of aromatic nitrogens is 1. The van der Waals surface area contributed by atoms with E-state index in [2.05, 4.69) is 29.4 Å². The van der Waals surface area contributed by atoms with E-state index in [1.54, 1.807) is 6.92 Å². The van der Waals surface area contributed by atoms with Crippen molar-refractivity contribution in [2.75, 3.05) is 29.5 Å². The minimum Gasteiger partial charge on any atom is -0.748 e. The van der Waals surface area contributed by atoms with Gasteiger partial charge in [0.25, 0.3) is 0 Å². The maximum Gasteiger partial charge on any atom is 0.209 e. The summed E-state index contributed by atoms with van der Waals surface area (Å²) < 4.78 is 110. The van der Waals surface area contributed by atoms with Gasteiger partial charge in [0.15, 0.2) is 18.1 Å². The lowest BCUT2D eigenvalue weighted by molar-refractivity contribution is -0.697. The van der Waals surface area contributed by atoms with Crippen LogP contribution in [-0.2, 0) is 52.5 Å². The van der Waals surface area contributed by atoms with E-state index in [9.17, 15) is 43.7 Å². The number of hydrogen-bond acceptors (Lipinski definition) is 11. The van der Waals surface area contributed by atoms with Crippen LogP contribution < -0.4 is 9.47 Å². The number of carbonyl (C=O) groups is 1. The van der Waals surface area contributed by atoms with E-state index in [1.165, 1.54) is 18.2 Å². The molecule has 5 rings (SSSR count). The first-order valence-corrected chi connectivity index (χ1v) is 24.6. The minimum atomic E-state index is -4.79. The predicted octanol–water partition coefficient (Wildman–Crippen LogP) is 5.90. The summed E-state index contributed by atoms with van der Waals surface area (Å²) in [6.07, 6.45) is 15.1. The van der Waals surface area contributed by atoms with Crippen molar-refractivity contribution in [2.45, 2.75) is 102 Å². The lowest BCUT2D eigenvalue weighted by Crippen LogP contribution is -2.32. The number of pyridine rings is 1. The highest BCUT2D eigenvalue weighted by Gasteiger charge is 2.45. The zero-order valence-electron chi connectivity index (χ0n) is 35.0. The Morgan fingerprint density at radius 2 is 1.43 bits per heavy atom. The van der Waals surface area contributed by atoms with Crippen LogP contribution in [-0.4, -0.2) is 79.6 Å². The van der Waals surface area contributed by atoms with Crippen molar-refractivity contribution in [3.05, 3.63) is 113 Å². The fourth-order valence-electron chi connectivity index (χ4n) is 8.11. The minimum absolute atomic E-state index is 0.00112. The highest BCUT2D eigenvalue weighted by molar-refractivity contribution is 7.86. The van der Waals surface area contributed by atoms with Crippen LogP contribution in [0.1, 0.15) is 95.4 Å². The number of anilines is 1. The largest absolute Gasteiger partial charge is 0.748 e. The molecule has 2 aliphatic rings. The van der Waals surface area contributed by atoms with E-state index >= 15 is 0 Å². The second-order valence-electron chi connectivity index (χ2n) is 16.7.